The van der Waals surface area contributed by atoms with Gasteiger partial charge in [0.1, 0.15) is 16.5 Å². The van der Waals surface area contributed by atoms with Gasteiger partial charge in [-0.05, 0) is 43.3 Å². The van der Waals surface area contributed by atoms with Crippen molar-refractivity contribution in [1.29, 1.82) is 0 Å². The molecule has 1 N–H and O–H groups in total. The Kier molecular flexibility index (Phi) is 4.04. The Hall–Kier alpha value is -2.79. The van der Waals surface area contributed by atoms with E-state index in [2.05, 4.69) is 5.10 Å². The number of phenols is 1. The summed E-state index contributed by atoms with van der Waals surface area (Å²) >= 11 is 6.05. The zero-order valence-corrected chi connectivity index (χ0v) is 13.0. The topological polar surface area (TPSA) is 64.3 Å². The maximum atomic E-state index is 12.6. The Labute approximate surface area is 137 Å². The number of benzene rings is 2. The van der Waals surface area contributed by atoms with Gasteiger partial charge >= 0.3 is 5.56 Å². The van der Waals surface area contributed by atoms with Crippen molar-refractivity contribution >= 4 is 11.6 Å². The molecular formula is C17H13ClN2O3. The number of hydrogen-bond acceptors (Lipinski definition) is 4. The van der Waals surface area contributed by atoms with E-state index in [1.54, 1.807) is 24.3 Å². The highest BCUT2D eigenvalue weighted by Gasteiger charge is 2.13. The standard InChI is InChI=1S/C17H13ClN2O3/c1-11-2-4-12(5-3-11)20-17(22)16(15(18)10-19-20)23-14-8-6-13(21)7-9-14/h2-10,21H,1H3. The molecule has 1 heterocycles. The minimum Gasteiger partial charge on any atom is -0.508 e. The average molecular weight is 329 g/mol. The van der Waals surface area contributed by atoms with Crippen LogP contribution < -0.4 is 10.3 Å². The molecule has 3 aromatic rings. The van der Waals surface area contributed by atoms with Crippen LogP contribution in [0.3, 0.4) is 0 Å². The van der Waals surface area contributed by atoms with Gasteiger partial charge in [0, 0.05) is 0 Å². The van der Waals surface area contributed by atoms with E-state index in [-0.39, 0.29) is 16.5 Å². The van der Waals surface area contributed by atoms with E-state index in [9.17, 15) is 9.90 Å². The van der Waals surface area contributed by atoms with Crippen LogP contribution in [-0.2, 0) is 0 Å². The lowest BCUT2D eigenvalue weighted by Gasteiger charge is -2.10. The molecule has 0 spiro atoms. The third kappa shape index (κ3) is 3.19. The van der Waals surface area contributed by atoms with Gasteiger partial charge in [-0.15, -0.1) is 0 Å². The van der Waals surface area contributed by atoms with E-state index in [1.165, 1.54) is 23.0 Å². The third-order valence-corrected chi connectivity index (χ3v) is 3.49. The molecule has 0 bridgehead atoms. The van der Waals surface area contributed by atoms with E-state index < -0.39 is 5.56 Å². The van der Waals surface area contributed by atoms with Crippen molar-refractivity contribution in [2.24, 2.45) is 0 Å². The second kappa shape index (κ2) is 6.14. The van der Waals surface area contributed by atoms with Crippen LogP contribution in [-0.4, -0.2) is 14.9 Å². The summed E-state index contributed by atoms with van der Waals surface area (Å²) in [5, 5.41) is 13.5. The van der Waals surface area contributed by atoms with Crippen LogP contribution in [0.4, 0.5) is 0 Å². The van der Waals surface area contributed by atoms with Crippen LogP contribution in [0, 0.1) is 6.92 Å². The van der Waals surface area contributed by atoms with Gasteiger partial charge in [0.05, 0.1) is 11.9 Å². The van der Waals surface area contributed by atoms with Crippen LogP contribution in [0.15, 0.2) is 59.5 Å². The average Bonchev–Trinajstić information content (AvgIpc) is 2.54. The number of phenolic OH excluding ortho intramolecular Hbond substituents is 1. The van der Waals surface area contributed by atoms with Gasteiger partial charge in [-0.1, -0.05) is 29.3 Å². The Balaban J connectivity index is 2.03. The predicted molar refractivity (Wildman–Crippen MR) is 87.8 cm³/mol. The highest BCUT2D eigenvalue weighted by atomic mass is 35.5. The van der Waals surface area contributed by atoms with Gasteiger partial charge < -0.3 is 9.84 Å². The molecule has 0 atom stereocenters. The SMILES string of the molecule is Cc1ccc(-n2ncc(Cl)c(Oc3ccc(O)cc3)c2=O)cc1. The van der Waals surface area contributed by atoms with Crippen molar-refractivity contribution in [3.05, 3.63) is 75.7 Å². The highest BCUT2D eigenvalue weighted by Crippen LogP contribution is 2.26. The van der Waals surface area contributed by atoms with Crippen LogP contribution in [0.5, 0.6) is 17.2 Å². The Morgan fingerprint density at radius 2 is 1.74 bits per heavy atom. The first-order chi connectivity index (χ1) is 11.0. The van der Waals surface area contributed by atoms with Crippen LogP contribution in [0.2, 0.25) is 5.02 Å². The summed E-state index contributed by atoms with van der Waals surface area (Å²) in [6, 6.07) is 13.4. The quantitative estimate of drug-likeness (QED) is 0.796. The van der Waals surface area contributed by atoms with Gasteiger partial charge in [0.2, 0.25) is 5.75 Å². The van der Waals surface area contributed by atoms with E-state index in [0.717, 1.165) is 5.56 Å². The number of halogens is 1. The lowest BCUT2D eigenvalue weighted by atomic mass is 10.2. The number of aromatic nitrogens is 2. The molecule has 0 aliphatic heterocycles. The van der Waals surface area contributed by atoms with Gasteiger partial charge in [-0.3, -0.25) is 4.79 Å². The molecular weight excluding hydrogens is 316 g/mol. The molecule has 5 nitrogen and oxygen atoms in total. The molecule has 0 unspecified atom stereocenters. The molecule has 23 heavy (non-hydrogen) atoms. The summed E-state index contributed by atoms with van der Waals surface area (Å²) < 4.78 is 6.79. The van der Waals surface area contributed by atoms with Crippen LogP contribution in [0.1, 0.15) is 5.56 Å². The predicted octanol–water partition coefficient (Wildman–Crippen LogP) is 3.69. The fourth-order valence-electron chi connectivity index (χ4n) is 2.01. The van der Waals surface area contributed by atoms with Crippen molar-refractivity contribution < 1.29 is 9.84 Å². The van der Waals surface area contributed by atoms with Crippen molar-refractivity contribution in [3.8, 4) is 22.9 Å². The molecule has 0 radical (unpaired) electrons. The Morgan fingerprint density at radius 3 is 2.39 bits per heavy atom. The number of aromatic hydroxyl groups is 1. The fourth-order valence-corrected chi connectivity index (χ4v) is 2.18. The molecule has 2 aromatic carbocycles. The molecule has 0 aliphatic rings. The number of hydrogen-bond donors (Lipinski definition) is 1. The second-order valence-electron chi connectivity index (χ2n) is 4.97. The van der Waals surface area contributed by atoms with Crippen LogP contribution in [0.25, 0.3) is 5.69 Å². The molecule has 0 aliphatic carbocycles. The van der Waals surface area contributed by atoms with Crippen molar-refractivity contribution in [3.63, 3.8) is 0 Å². The molecule has 6 heteroatoms. The van der Waals surface area contributed by atoms with E-state index in [0.29, 0.717) is 11.4 Å². The molecule has 0 saturated carbocycles. The molecule has 0 saturated heterocycles. The van der Waals surface area contributed by atoms with Crippen molar-refractivity contribution in [1.82, 2.24) is 9.78 Å². The smallest absolute Gasteiger partial charge is 0.316 e. The largest absolute Gasteiger partial charge is 0.508 e. The number of rotatable bonds is 3. The summed E-state index contributed by atoms with van der Waals surface area (Å²) in [5.41, 5.74) is 1.23. The molecule has 1 aromatic heterocycles. The minimum absolute atomic E-state index is 0.0204. The van der Waals surface area contributed by atoms with Gasteiger partial charge in [-0.2, -0.15) is 9.78 Å². The molecule has 0 fully saturated rings. The summed E-state index contributed by atoms with van der Waals surface area (Å²) in [7, 11) is 0. The van der Waals surface area contributed by atoms with Crippen molar-refractivity contribution in [2.75, 3.05) is 0 Å². The zero-order chi connectivity index (χ0) is 16.4. The van der Waals surface area contributed by atoms with Crippen molar-refractivity contribution in [2.45, 2.75) is 6.92 Å². The van der Waals surface area contributed by atoms with Gasteiger partial charge in [0.25, 0.3) is 0 Å². The minimum atomic E-state index is -0.463. The maximum Gasteiger partial charge on any atom is 0.316 e. The maximum absolute atomic E-state index is 12.6. The second-order valence-corrected chi connectivity index (χ2v) is 5.38. The summed E-state index contributed by atoms with van der Waals surface area (Å²) in [6.45, 7) is 1.96. The van der Waals surface area contributed by atoms with Gasteiger partial charge in [-0.25, -0.2) is 0 Å². The summed E-state index contributed by atoms with van der Waals surface area (Å²) in [4.78, 5) is 12.6. The van der Waals surface area contributed by atoms with E-state index >= 15 is 0 Å². The summed E-state index contributed by atoms with van der Waals surface area (Å²) in [6.07, 6.45) is 1.36. The fraction of sp³-hybridized carbons (Fsp3) is 0.0588. The summed E-state index contributed by atoms with van der Waals surface area (Å²) in [5.74, 6) is 0.478. The zero-order valence-electron chi connectivity index (χ0n) is 12.2. The molecule has 3 rings (SSSR count). The normalized spacial score (nSPS) is 10.5. The molecule has 116 valence electrons. The Bertz CT molecular complexity index is 887. The Morgan fingerprint density at radius 1 is 1.09 bits per heavy atom. The lowest BCUT2D eigenvalue weighted by molar-refractivity contribution is 0.457. The van der Waals surface area contributed by atoms with Gasteiger partial charge in [0.15, 0.2) is 0 Å². The molecule has 0 amide bonds. The number of ether oxygens (including phenoxy) is 1. The number of nitrogens with zero attached hydrogens (tertiary/aromatic N) is 2. The highest BCUT2D eigenvalue weighted by molar-refractivity contribution is 6.31. The van der Waals surface area contributed by atoms with Crippen LogP contribution >= 0.6 is 11.6 Å². The van der Waals surface area contributed by atoms with E-state index in [4.69, 9.17) is 16.3 Å². The third-order valence-electron chi connectivity index (χ3n) is 3.23. The first-order valence-electron chi connectivity index (χ1n) is 6.86. The monoisotopic (exact) mass is 328 g/mol. The first-order valence-corrected chi connectivity index (χ1v) is 7.24. The van der Waals surface area contributed by atoms with E-state index in [1.807, 2.05) is 19.1 Å². The lowest BCUT2D eigenvalue weighted by Crippen LogP contribution is -2.22. The number of aryl methyl sites for hydroxylation is 1. The first kappa shape index (κ1) is 15.1.